The molecule has 0 spiro atoms. The SMILES string of the molecule is CO[C@]12C=C(CO)[C@H](C[C@H]3C4=C(C(C)C)C=C[C@@]4(C)CC[C@@]31C)O2. The summed E-state index contributed by atoms with van der Waals surface area (Å²) in [4.78, 5) is 0. The van der Waals surface area contributed by atoms with Crippen molar-refractivity contribution in [2.45, 2.75) is 58.8 Å². The molecule has 1 saturated carbocycles. The summed E-state index contributed by atoms with van der Waals surface area (Å²) in [6.07, 6.45) is 10.0. The second kappa shape index (κ2) is 5.06. The summed E-state index contributed by atoms with van der Waals surface area (Å²) in [5.41, 5.74) is 4.19. The van der Waals surface area contributed by atoms with Crippen LogP contribution in [0.3, 0.4) is 0 Å². The Kier molecular flexibility index (Phi) is 3.49. The van der Waals surface area contributed by atoms with Crippen molar-refractivity contribution in [1.82, 2.24) is 0 Å². The molecule has 5 atom stereocenters. The second-order valence-electron chi connectivity index (χ2n) is 8.84. The summed E-state index contributed by atoms with van der Waals surface area (Å²) in [5.74, 6) is 0.268. The number of hydrogen-bond acceptors (Lipinski definition) is 3. The van der Waals surface area contributed by atoms with Crippen LogP contribution in [0.2, 0.25) is 0 Å². The Balaban J connectivity index is 1.87. The normalized spacial score (nSPS) is 46.4. The van der Waals surface area contributed by atoms with Crippen molar-refractivity contribution < 1.29 is 14.6 Å². The molecule has 1 N–H and O–H groups in total. The van der Waals surface area contributed by atoms with Crippen LogP contribution in [0.1, 0.15) is 47.0 Å². The van der Waals surface area contributed by atoms with Gasteiger partial charge in [-0.05, 0) is 48.3 Å². The Morgan fingerprint density at radius 3 is 2.71 bits per heavy atom. The molecule has 0 aromatic rings. The number of rotatable bonds is 3. The van der Waals surface area contributed by atoms with Gasteiger partial charge >= 0.3 is 0 Å². The first-order chi connectivity index (χ1) is 11.3. The zero-order valence-corrected chi connectivity index (χ0v) is 15.6. The molecule has 2 aliphatic heterocycles. The van der Waals surface area contributed by atoms with Gasteiger partial charge in [0.25, 0.3) is 0 Å². The standard InChI is InChI=1S/C21H30O3/c1-13(2)15-6-7-19(3)8-9-20(4)16(18(15)19)10-17-14(12-22)11-21(20,23-5)24-17/h6-7,11,13,16-17,22H,8-10,12H2,1-5H3/t16-,17-,19-,20-,21-/m0/s1. The van der Waals surface area contributed by atoms with Crippen molar-refractivity contribution in [2.24, 2.45) is 22.7 Å². The summed E-state index contributed by atoms with van der Waals surface area (Å²) in [6.45, 7) is 9.37. The van der Waals surface area contributed by atoms with Gasteiger partial charge in [-0.15, -0.1) is 0 Å². The number of ether oxygens (including phenoxy) is 2. The van der Waals surface area contributed by atoms with Gasteiger partial charge in [0.05, 0.1) is 12.7 Å². The number of aliphatic hydroxyl groups excluding tert-OH is 1. The number of allylic oxidation sites excluding steroid dienone is 4. The van der Waals surface area contributed by atoms with Gasteiger partial charge in [0.15, 0.2) is 5.79 Å². The van der Waals surface area contributed by atoms with E-state index in [1.165, 1.54) is 5.57 Å². The van der Waals surface area contributed by atoms with Crippen LogP contribution < -0.4 is 0 Å². The Morgan fingerprint density at radius 1 is 1.33 bits per heavy atom. The molecule has 24 heavy (non-hydrogen) atoms. The minimum atomic E-state index is -0.697. The molecule has 0 unspecified atom stereocenters. The van der Waals surface area contributed by atoms with E-state index < -0.39 is 5.79 Å². The highest BCUT2D eigenvalue weighted by Crippen LogP contribution is 2.67. The van der Waals surface area contributed by atoms with E-state index in [0.29, 0.717) is 11.8 Å². The molecule has 0 radical (unpaired) electrons. The van der Waals surface area contributed by atoms with Crippen LogP contribution in [-0.4, -0.2) is 30.7 Å². The smallest absolute Gasteiger partial charge is 0.194 e. The summed E-state index contributed by atoms with van der Waals surface area (Å²) in [7, 11) is 1.75. The van der Waals surface area contributed by atoms with E-state index in [-0.39, 0.29) is 23.5 Å². The number of aliphatic hydroxyl groups is 1. The molecule has 4 rings (SSSR count). The summed E-state index contributed by atoms with van der Waals surface area (Å²) >= 11 is 0. The molecule has 4 aliphatic rings. The third-order valence-electron chi connectivity index (χ3n) is 7.30. The van der Waals surface area contributed by atoms with Gasteiger partial charge in [-0.25, -0.2) is 0 Å². The van der Waals surface area contributed by atoms with E-state index in [1.807, 2.05) is 0 Å². The Bertz CT molecular complexity index is 658. The lowest BCUT2D eigenvalue weighted by Gasteiger charge is -2.58. The highest BCUT2D eigenvalue weighted by molar-refractivity contribution is 5.47. The first-order valence-corrected chi connectivity index (χ1v) is 9.29. The molecule has 3 heteroatoms. The van der Waals surface area contributed by atoms with Crippen LogP contribution >= 0.6 is 0 Å². The van der Waals surface area contributed by atoms with Crippen molar-refractivity contribution in [3.05, 3.63) is 34.9 Å². The van der Waals surface area contributed by atoms with Crippen molar-refractivity contribution in [3.8, 4) is 0 Å². The summed E-state index contributed by atoms with van der Waals surface area (Å²) < 4.78 is 12.4. The molecule has 2 fully saturated rings. The van der Waals surface area contributed by atoms with E-state index in [9.17, 15) is 5.11 Å². The largest absolute Gasteiger partial charge is 0.392 e. The molecule has 2 heterocycles. The average Bonchev–Trinajstić information content (AvgIpc) is 3.07. The maximum atomic E-state index is 9.79. The highest BCUT2D eigenvalue weighted by Gasteiger charge is 2.65. The average molecular weight is 330 g/mol. The van der Waals surface area contributed by atoms with Crippen LogP contribution in [0.25, 0.3) is 0 Å². The van der Waals surface area contributed by atoms with Crippen molar-refractivity contribution in [1.29, 1.82) is 0 Å². The Hall–Kier alpha value is -0.900. The van der Waals surface area contributed by atoms with E-state index >= 15 is 0 Å². The third kappa shape index (κ3) is 1.84. The van der Waals surface area contributed by atoms with Gasteiger partial charge in [-0.3, -0.25) is 0 Å². The fraction of sp³-hybridized carbons (Fsp3) is 0.714. The van der Waals surface area contributed by atoms with Gasteiger partial charge in [-0.2, -0.15) is 0 Å². The zero-order valence-electron chi connectivity index (χ0n) is 15.6. The fourth-order valence-electron chi connectivity index (χ4n) is 5.77. The van der Waals surface area contributed by atoms with Gasteiger partial charge in [-0.1, -0.05) is 45.4 Å². The molecule has 0 aromatic heterocycles. The molecule has 2 aliphatic carbocycles. The molecule has 2 bridgehead atoms. The van der Waals surface area contributed by atoms with Crippen LogP contribution in [-0.2, 0) is 9.47 Å². The molecular formula is C21H30O3. The molecule has 1 saturated heterocycles. The van der Waals surface area contributed by atoms with Crippen molar-refractivity contribution in [3.63, 3.8) is 0 Å². The zero-order chi connectivity index (χ0) is 17.3. The molecule has 0 amide bonds. The van der Waals surface area contributed by atoms with Gasteiger partial charge < -0.3 is 14.6 Å². The Morgan fingerprint density at radius 2 is 2.08 bits per heavy atom. The number of methoxy groups -OCH3 is 1. The fourth-order valence-corrected chi connectivity index (χ4v) is 5.77. The summed E-state index contributed by atoms with van der Waals surface area (Å²) in [6, 6.07) is 0. The first-order valence-electron chi connectivity index (χ1n) is 9.29. The van der Waals surface area contributed by atoms with Gasteiger partial charge in [0, 0.05) is 17.9 Å². The minimum absolute atomic E-state index is 0.0168. The van der Waals surface area contributed by atoms with Gasteiger partial charge in [0.1, 0.15) is 0 Å². The maximum absolute atomic E-state index is 9.79. The molecule has 132 valence electrons. The highest BCUT2D eigenvalue weighted by atomic mass is 16.7. The monoisotopic (exact) mass is 330 g/mol. The molecular weight excluding hydrogens is 300 g/mol. The maximum Gasteiger partial charge on any atom is 0.194 e. The molecule has 0 aromatic carbocycles. The van der Waals surface area contributed by atoms with Crippen LogP contribution in [0.4, 0.5) is 0 Å². The van der Waals surface area contributed by atoms with Crippen LogP contribution in [0.5, 0.6) is 0 Å². The summed E-state index contributed by atoms with van der Waals surface area (Å²) in [5, 5.41) is 9.79. The van der Waals surface area contributed by atoms with Gasteiger partial charge in [0.2, 0.25) is 0 Å². The lowest BCUT2D eigenvalue weighted by atomic mass is 9.52. The molecule has 3 nitrogen and oxygen atoms in total. The van der Waals surface area contributed by atoms with Crippen molar-refractivity contribution in [2.75, 3.05) is 13.7 Å². The Labute approximate surface area is 145 Å². The van der Waals surface area contributed by atoms with Crippen LogP contribution in [0.15, 0.2) is 34.9 Å². The predicted molar refractivity (Wildman–Crippen MR) is 94.3 cm³/mol. The van der Waals surface area contributed by atoms with E-state index in [1.54, 1.807) is 12.7 Å². The second-order valence-corrected chi connectivity index (χ2v) is 8.84. The number of hydrogen-bond donors (Lipinski definition) is 1. The van der Waals surface area contributed by atoms with E-state index in [2.05, 4.69) is 45.9 Å². The van der Waals surface area contributed by atoms with E-state index in [4.69, 9.17) is 9.47 Å². The quantitative estimate of drug-likeness (QED) is 0.795. The predicted octanol–water partition coefficient (Wildman–Crippen LogP) is 4.00. The third-order valence-corrected chi connectivity index (χ3v) is 7.30. The van der Waals surface area contributed by atoms with Crippen molar-refractivity contribution >= 4 is 0 Å². The lowest BCUT2D eigenvalue weighted by molar-refractivity contribution is -0.300. The minimum Gasteiger partial charge on any atom is -0.392 e. The van der Waals surface area contributed by atoms with E-state index in [0.717, 1.165) is 24.8 Å². The van der Waals surface area contributed by atoms with Crippen LogP contribution in [0, 0.1) is 22.7 Å². The first kappa shape index (κ1) is 16.6. The lowest BCUT2D eigenvalue weighted by Crippen LogP contribution is -2.59. The topological polar surface area (TPSA) is 38.7 Å². The number of fused-ring (bicyclic) bond motifs is 6.